The number of rotatable bonds is 4. The van der Waals surface area contributed by atoms with E-state index in [4.69, 9.17) is 10.5 Å². The van der Waals surface area contributed by atoms with E-state index in [9.17, 15) is 0 Å². The summed E-state index contributed by atoms with van der Waals surface area (Å²) in [6.07, 6.45) is 7.87. The highest BCUT2D eigenvalue weighted by Gasteiger charge is 2.36. The maximum Gasteiger partial charge on any atom is 0.123 e. The second kappa shape index (κ2) is 6.40. The fraction of sp³-hybridized carbons (Fsp3) is 0.647. The minimum atomic E-state index is 0.165. The molecule has 1 unspecified atom stereocenters. The Bertz CT molecular complexity index is 436. The van der Waals surface area contributed by atoms with Crippen LogP contribution in [-0.4, -0.2) is 24.2 Å². The average molecular weight is 291 g/mol. The van der Waals surface area contributed by atoms with E-state index in [0.717, 1.165) is 18.0 Å². The lowest BCUT2D eigenvalue weighted by atomic mass is 9.78. The van der Waals surface area contributed by atoms with Crippen LogP contribution >= 0.6 is 11.8 Å². The van der Waals surface area contributed by atoms with Crippen molar-refractivity contribution in [1.82, 2.24) is 0 Å². The van der Waals surface area contributed by atoms with Crippen molar-refractivity contribution >= 4 is 11.8 Å². The van der Waals surface area contributed by atoms with Gasteiger partial charge in [-0.3, -0.25) is 0 Å². The van der Waals surface area contributed by atoms with E-state index in [-0.39, 0.29) is 5.41 Å². The minimum Gasteiger partial charge on any atom is -0.489 e. The van der Waals surface area contributed by atoms with Crippen LogP contribution in [0.5, 0.6) is 5.75 Å². The van der Waals surface area contributed by atoms with Crippen LogP contribution in [0.4, 0.5) is 0 Å². The third-order valence-electron chi connectivity index (χ3n) is 4.82. The second-order valence-electron chi connectivity index (χ2n) is 6.14. The molecule has 1 aliphatic heterocycles. The number of para-hydroxylation sites is 1. The molecule has 0 aromatic heterocycles. The van der Waals surface area contributed by atoms with Gasteiger partial charge in [-0.05, 0) is 37.5 Å². The van der Waals surface area contributed by atoms with Crippen molar-refractivity contribution in [3.8, 4) is 5.75 Å². The molecule has 0 amide bonds. The maximum atomic E-state index is 6.35. The molecule has 110 valence electrons. The van der Waals surface area contributed by atoms with Gasteiger partial charge in [-0.1, -0.05) is 31.0 Å². The summed E-state index contributed by atoms with van der Waals surface area (Å²) >= 11 is 2.02. The topological polar surface area (TPSA) is 35.2 Å². The van der Waals surface area contributed by atoms with Gasteiger partial charge in [0.05, 0.1) is 0 Å². The molecule has 3 rings (SSSR count). The molecule has 0 spiro atoms. The van der Waals surface area contributed by atoms with Gasteiger partial charge < -0.3 is 10.5 Å². The monoisotopic (exact) mass is 291 g/mol. The van der Waals surface area contributed by atoms with Crippen molar-refractivity contribution in [3.05, 3.63) is 29.8 Å². The van der Waals surface area contributed by atoms with Gasteiger partial charge in [0, 0.05) is 23.3 Å². The van der Waals surface area contributed by atoms with Crippen LogP contribution in [-0.2, 0) is 5.41 Å². The standard InChI is InChI=1S/C17H25NOS/c18-13-17(9-3-4-10-17)15-7-1-2-8-16(15)19-14-6-5-11-20-12-14/h1-2,7-8,14H,3-6,9-13,18H2. The molecule has 0 bridgehead atoms. The Labute approximate surface area is 126 Å². The summed E-state index contributed by atoms with van der Waals surface area (Å²) in [6, 6.07) is 8.61. The lowest BCUT2D eigenvalue weighted by Gasteiger charge is -2.32. The van der Waals surface area contributed by atoms with Crippen molar-refractivity contribution in [2.45, 2.75) is 50.0 Å². The normalized spacial score (nSPS) is 25.6. The average Bonchev–Trinajstić information content (AvgIpc) is 2.99. The van der Waals surface area contributed by atoms with E-state index in [1.165, 1.54) is 49.8 Å². The molecular weight excluding hydrogens is 266 g/mol. The Morgan fingerprint density at radius 2 is 2.00 bits per heavy atom. The second-order valence-corrected chi connectivity index (χ2v) is 7.29. The molecule has 1 heterocycles. The third kappa shape index (κ3) is 2.84. The number of hydrogen-bond acceptors (Lipinski definition) is 3. The quantitative estimate of drug-likeness (QED) is 0.918. The first kappa shape index (κ1) is 14.3. The predicted molar refractivity (Wildman–Crippen MR) is 86.6 cm³/mol. The predicted octanol–water partition coefficient (Wildman–Crippen LogP) is 3.73. The van der Waals surface area contributed by atoms with Gasteiger partial charge in [-0.2, -0.15) is 11.8 Å². The molecule has 2 nitrogen and oxygen atoms in total. The van der Waals surface area contributed by atoms with Gasteiger partial charge in [-0.25, -0.2) is 0 Å². The summed E-state index contributed by atoms with van der Waals surface area (Å²) in [4.78, 5) is 0. The fourth-order valence-corrected chi connectivity index (χ4v) is 4.66. The van der Waals surface area contributed by atoms with E-state index in [1.54, 1.807) is 0 Å². The first-order valence-electron chi connectivity index (χ1n) is 7.88. The molecule has 2 N–H and O–H groups in total. The van der Waals surface area contributed by atoms with E-state index in [1.807, 2.05) is 11.8 Å². The fourth-order valence-electron chi connectivity index (χ4n) is 3.63. The molecular formula is C17H25NOS. The van der Waals surface area contributed by atoms with Crippen molar-refractivity contribution in [2.75, 3.05) is 18.1 Å². The van der Waals surface area contributed by atoms with Crippen LogP contribution in [0, 0.1) is 0 Å². The molecule has 2 aliphatic rings. The highest BCUT2D eigenvalue weighted by atomic mass is 32.2. The third-order valence-corrected chi connectivity index (χ3v) is 6.01. The van der Waals surface area contributed by atoms with Crippen molar-refractivity contribution in [2.24, 2.45) is 5.73 Å². The van der Waals surface area contributed by atoms with E-state index in [2.05, 4.69) is 24.3 Å². The molecule has 1 aliphatic carbocycles. The molecule has 1 saturated carbocycles. The molecule has 20 heavy (non-hydrogen) atoms. The summed E-state index contributed by atoms with van der Waals surface area (Å²) < 4.78 is 6.35. The van der Waals surface area contributed by atoms with E-state index >= 15 is 0 Å². The number of ether oxygens (including phenoxy) is 1. The van der Waals surface area contributed by atoms with Gasteiger partial charge in [0.2, 0.25) is 0 Å². The zero-order chi connectivity index (χ0) is 13.8. The van der Waals surface area contributed by atoms with Crippen molar-refractivity contribution < 1.29 is 4.74 Å². The molecule has 1 aromatic rings. The van der Waals surface area contributed by atoms with Gasteiger partial charge in [-0.15, -0.1) is 0 Å². The van der Waals surface area contributed by atoms with Gasteiger partial charge in [0.15, 0.2) is 0 Å². The minimum absolute atomic E-state index is 0.165. The number of benzene rings is 1. The summed E-state index contributed by atoms with van der Waals surface area (Å²) in [7, 11) is 0. The largest absolute Gasteiger partial charge is 0.489 e. The molecule has 1 saturated heterocycles. The van der Waals surface area contributed by atoms with Crippen molar-refractivity contribution in [1.29, 1.82) is 0 Å². The first-order valence-corrected chi connectivity index (χ1v) is 9.03. The zero-order valence-electron chi connectivity index (χ0n) is 12.1. The summed E-state index contributed by atoms with van der Waals surface area (Å²) in [5.41, 5.74) is 7.67. The number of thioether (sulfide) groups is 1. The van der Waals surface area contributed by atoms with Crippen LogP contribution in [0.1, 0.15) is 44.1 Å². The zero-order valence-corrected chi connectivity index (χ0v) is 13.0. The van der Waals surface area contributed by atoms with Gasteiger partial charge >= 0.3 is 0 Å². The Hall–Kier alpha value is -0.670. The number of nitrogens with two attached hydrogens (primary N) is 1. The van der Waals surface area contributed by atoms with Crippen LogP contribution in [0.25, 0.3) is 0 Å². The van der Waals surface area contributed by atoms with Crippen LogP contribution < -0.4 is 10.5 Å². The lowest BCUT2D eigenvalue weighted by molar-refractivity contribution is 0.205. The number of hydrogen-bond donors (Lipinski definition) is 1. The molecule has 1 atom stereocenters. The summed E-state index contributed by atoms with van der Waals surface area (Å²) in [5.74, 6) is 3.51. The van der Waals surface area contributed by atoms with E-state index < -0.39 is 0 Å². The Morgan fingerprint density at radius 3 is 2.70 bits per heavy atom. The molecule has 3 heteroatoms. The van der Waals surface area contributed by atoms with Crippen LogP contribution in [0.15, 0.2) is 24.3 Å². The van der Waals surface area contributed by atoms with E-state index in [0.29, 0.717) is 6.10 Å². The van der Waals surface area contributed by atoms with Crippen molar-refractivity contribution in [3.63, 3.8) is 0 Å². The smallest absolute Gasteiger partial charge is 0.123 e. The van der Waals surface area contributed by atoms with Gasteiger partial charge in [0.25, 0.3) is 0 Å². The van der Waals surface area contributed by atoms with Gasteiger partial charge in [0.1, 0.15) is 11.9 Å². The Morgan fingerprint density at radius 1 is 1.20 bits per heavy atom. The molecule has 0 radical (unpaired) electrons. The molecule has 1 aromatic carbocycles. The van der Waals surface area contributed by atoms with Crippen LogP contribution in [0.3, 0.4) is 0 Å². The highest BCUT2D eigenvalue weighted by molar-refractivity contribution is 7.99. The SMILES string of the molecule is NCC1(c2ccccc2OC2CCCSC2)CCCC1. The highest BCUT2D eigenvalue weighted by Crippen LogP contribution is 2.44. The first-order chi connectivity index (χ1) is 9.84. The Balaban J connectivity index is 1.83. The molecule has 2 fully saturated rings. The summed E-state index contributed by atoms with van der Waals surface area (Å²) in [6.45, 7) is 0.743. The maximum absolute atomic E-state index is 6.35. The Kier molecular flexibility index (Phi) is 4.57. The lowest BCUT2D eigenvalue weighted by Crippen LogP contribution is -2.33. The summed E-state index contributed by atoms with van der Waals surface area (Å²) in [5, 5.41) is 0. The van der Waals surface area contributed by atoms with Crippen LogP contribution in [0.2, 0.25) is 0 Å².